The Hall–Kier alpha value is -0.950. The Morgan fingerprint density at radius 2 is 2.09 bits per heavy atom. The summed E-state index contributed by atoms with van der Waals surface area (Å²) >= 11 is 2.99. The van der Waals surface area contributed by atoms with Crippen molar-refractivity contribution in [3.63, 3.8) is 0 Å². The van der Waals surface area contributed by atoms with E-state index >= 15 is 0 Å². The highest BCUT2D eigenvalue weighted by molar-refractivity contribution is 8.00. The molecule has 1 atom stereocenters. The van der Waals surface area contributed by atoms with Crippen molar-refractivity contribution in [3.05, 3.63) is 16.0 Å². The summed E-state index contributed by atoms with van der Waals surface area (Å²) in [4.78, 5) is 31.9. The first-order chi connectivity index (χ1) is 10.6. The lowest BCUT2D eigenvalue weighted by molar-refractivity contribution is -0.129. The van der Waals surface area contributed by atoms with E-state index in [-0.39, 0.29) is 11.5 Å². The van der Waals surface area contributed by atoms with Crippen LogP contribution < -0.4 is 5.56 Å². The lowest BCUT2D eigenvalue weighted by atomic mass is 10.1. The highest BCUT2D eigenvalue weighted by atomic mass is 32.2. The van der Waals surface area contributed by atoms with Crippen molar-refractivity contribution < 1.29 is 4.79 Å². The largest absolute Gasteiger partial charge is 0.342 e. The second-order valence-corrected chi connectivity index (χ2v) is 8.29. The van der Waals surface area contributed by atoms with Crippen molar-refractivity contribution in [2.24, 2.45) is 7.05 Å². The molecule has 120 valence electrons. The summed E-state index contributed by atoms with van der Waals surface area (Å²) in [7, 11) is 1.74. The van der Waals surface area contributed by atoms with Crippen LogP contribution >= 0.6 is 23.5 Å². The monoisotopic (exact) mass is 339 g/mol. The summed E-state index contributed by atoms with van der Waals surface area (Å²) < 4.78 is 1.58. The predicted octanol–water partition coefficient (Wildman–Crippen LogP) is 1.92. The number of nitrogens with zero attached hydrogens (tertiary/aromatic N) is 3. The van der Waals surface area contributed by atoms with Crippen LogP contribution in [0.2, 0.25) is 0 Å². The summed E-state index contributed by atoms with van der Waals surface area (Å²) in [5.74, 6) is 0.518. The molecule has 5 nitrogen and oxygen atoms in total. The Morgan fingerprint density at radius 3 is 2.82 bits per heavy atom. The number of carbonyl (C=O) groups is 1. The zero-order valence-electron chi connectivity index (χ0n) is 13.0. The minimum atomic E-state index is 0.0206. The molecular weight excluding hydrogens is 318 g/mol. The fourth-order valence-corrected chi connectivity index (χ4v) is 4.90. The van der Waals surface area contributed by atoms with E-state index in [0.29, 0.717) is 16.2 Å². The molecule has 1 fully saturated rings. The lowest BCUT2D eigenvalue weighted by Crippen LogP contribution is -2.36. The number of likely N-dealkylation sites (tertiary alicyclic amines) is 1. The fourth-order valence-electron chi connectivity index (χ4n) is 2.87. The van der Waals surface area contributed by atoms with Crippen LogP contribution in [0.4, 0.5) is 0 Å². The minimum absolute atomic E-state index is 0.0206. The maximum Gasteiger partial charge on any atom is 0.267 e. The summed E-state index contributed by atoms with van der Waals surface area (Å²) in [6.45, 7) is 3.84. The molecule has 1 amide bonds. The van der Waals surface area contributed by atoms with Gasteiger partial charge in [-0.25, -0.2) is 4.98 Å². The van der Waals surface area contributed by atoms with E-state index in [1.165, 1.54) is 18.2 Å². The van der Waals surface area contributed by atoms with Gasteiger partial charge < -0.3 is 4.90 Å². The lowest BCUT2D eigenvalue weighted by Gasteiger charge is -2.26. The standard InChI is InChI=1S/C15H21N3O2S2/c1-10-8-11-13(22-10)14(20)17(2)15(16-11)21-9-12(19)18-6-4-3-5-7-18/h10H,3-9H2,1-2H3/t10-/m1/s1. The highest BCUT2D eigenvalue weighted by Gasteiger charge is 2.26. The molecular formula is C15H21N3O2S2. The first kappa shape index (κ1) is 15.9. The summed E-state index contributed by atoms with van der Waals surface area (Å²) in [5.41, 5.74) is 0.917. The van der Waals surface area contributed by atoms with Gasteiger partial charge in [-0.15, -0.1) is 11.8 Å². The van der Waals surface area contributed by atoms with Gasteiger partial charge >= 0.3 is 0 Å². The minimum Gasteiger partial charge on any atom is -0.342 e. The zero-order chi connectivity index (χ0) is 15.7. The molecule has 0 saturated carbocycles. The molecule has 0 aliphatic carbocycles. The van der Waals surface area contributed by atoms with Crippen LogP contribution in [-0.2, 0) is 18.3 Å². The van der Waals surface area contributed by atoms with Gasteiger partial charge in [0.15, 0.2) is 5.16 Å². The van der Waals surface area contributed by atoms with Gasteiger partial charge in [0.25, 0.3) is 5.56 Å². The first-order valence-electron chi connectivity index (χ1n) is 7.73. The third-order valence-electron chi connectivity index (χ3n) is 4.11. The molecule has 1 aromatic rings. The van der Waals surface area contributed by atoms with Crippen LogP contribution in [-0.4, -0.2) is 44.5 Å². The third-order valence-corrected chi connectivity index (χ3v) is 6.34. The predicted molar refractivity (Wildman–Crippen MR) is 89.7 cm³/mol. The van der Waals surface area contributed by atoms with E-state index in [1.54, 1.807) is 23.4 Å². The molecule has 0 unspecified atom stereocenters. The number of aromatic nitrogens is 2. The van der Waals surface area contributed by atoms with Gasteiger partial charge in [-0.3, -0.25) is 14.2 Å². The summed E-state index contributed by atoms with van der Waals surface area (Å²) in [5, 5.41) is 1.06. The molecule has 22 heavy (non-hydrogen) atoms. The molecule has 0 bridgehead atoms. The van der Waals surface area contributed by atoms with Gasteiger partial charge in [-0.1, -0.05) is 18.7 Å². The van der Waals surface area contributed by atoms with Crippen molar-refractivity contribution in [1.29, 1.82) is 0 Å². The maximum absolute atomic E-state index is 12.4. The van der Waals surface area contributed by atoms with Crippen molar-refractivity contribution in [2.45, 2.75) is 47.9 Å². The summed E-state index contributed by atoms with van der Waals surface area (Å²) in [6, 6.07) is 0. The molecule has 0 spiro atoms. The van der Waals surface area contributed by atoms with Crippen molar-refractivity contribution in [1.82, 2.24) is 14.5 Å². The maximum atomic E-state index is 12.4. The van der Waals surface area contributed by atoms with Gasteiger partial charge in [0.05, 0.1) is 16.3 Å². The smallest absolute Gasteiger partial charge is 0.267 e. The zero-order valence-corrected chi connectivity index (χ0v) is 14.6. The second-order valence-electron chi connectivity index (χ2n) is 5.90. The van der Waals surface area contributed by atoms with Crippen LogP contribution in [0.25, 0.3) is 0 Å². The van der Waals surface area contributed by atoms with E-state index in [4.69, 9.17) is 0 Å². The van der Waals surface area contributed by atoms with E-state index in [2.05, 4.69) is 11.9 Å². The molecule has 1 saturated heterocycles. The second kappa shape index (κ2) is 6.66. The van der Waals surface area contributed by atoms with Crippen molar-refractivity contribution in [3.8, 4) is 0 Å². The number of hydrogen-bond donors (Lipinski definition) is 0. The van der Waals surface area contributed by atoms with Crippen molar-refractivity contribution in [2.75, 3.05) is 18.8 Å². The average Bonchev–Trinajstić information content (AvgIpc) is 2.90. The third kappa shape index (κ3) is 3.20. The van der Waals surface area contributed by atoms with Crippen LogP contribution in [0.15, 0.2) is 14.8 Å². The molecule has 2 aliphatic rings. The molecule has 3 heterocycles. The number of rotatable bonds is 3. The van der Waals surface area contributed by atoms with E-state index < -0.39 is 0 Å². The average molecular weight is 339 g/mol. The molecule has 3 rings (SSSR count). The SMILES string of the molecule is C[C@@H]1Cc2nc(SCC(=O)N3CCCCC3)n(C)c(=O)c2S1. The van der Waals surface area contributed by atoms with Crippen LogP contribution in [0, 0.1) is 0 Å². The molecule has 7 heteroatoms. The van der Waals surface area contributed by atoms with Gasteiger partial charge in [0.2, 0.25) is 5.91 Å². The first-order valence-corrected chi connectivity index (χ1v) is 9.60. The number of piperidine rings is 1. The summed E-state index contributed by atoms with van der Waals surface area (Å²) in [6.07, 6.45) is 4.25. The van der Waals surface area contributed by atoms with Crippen LogP contribution in [0.5, 0.6) is 0 Å². The topological polar surface area (TPSA) is 55.2 Å². The Bertz CT molecular complexity index is 638. The molecule has 0 radical (unpaired) electrons. The van der Waals surface area contributed by atoms with Gasteiger partial charge in [-0.05, 0) is 19.3 Å². The van der Waals surface area contributed by atoms with E-state index in [1.807, 2.05) is 4.90 Å². The van der Waals surface area contributed by atoms with Gasteiger partial charge in [-0.2, -0.15) is 0 Å². The number of carbonyl (C=O) groups excluding carboxylic acids is 1. The van der Waals surface area contributed by atoms with Crippen LogP contribution in [0.1, 0.15) is 31.9 Å². The molecule has 0 aromatic carbocycles. The Morgan fingerprint density at radius 1 is 1.36 bits per heavy atom. The molecule has 1 aromatic heterocycles. The Balaban J connectivity index is 1.71. The number of thioether (sulfide) groups is 2. The quantitative estimate of drug-likeness (QED) is 0.622. The highest BCUT2D eigenvalue weighted by Crippen LogP contribution is 2.33. The van der Waals surface area contributed by atoms with E-state index in [0.717, 1.165) is 42.9 Å². The fraction of sp³-hybridized carbons (Fsp3) is 0.667. The van der Waals surface area contributed by atoms with E-state index in [9.17, 15) is 9.59 Å². The Labute approximate surface area is 138 Å². The van der Waals surface area contributed by atoms with Crippen LogP contribution in [0.3, 0.4) is 0 Å². The normalized spacial score (nSPS) is 21.0. The molecule has 0 N–H and O–H groups in total. The molecule has 2 aliphatic heterocycles. The van der Waals surface area contributed by atoms with Gasteiger partial charge in [0, 0.05) is 31.8 Å². The number of hydrogen-bond acceptors (Lipinski definition) is 5. The number of fused-ring (bicyclic) bond motifs is 1. The van der Waals surface area contributed by atoms with Crippen molar-refractivity contribution >= 4 is 29.4 Å². The van der Waals surface area contributed by atoms with Gasteiger partial charge in [0.1, 0.15) is 0 Å². The Kier molecular flexibility index (Phi) is 4.82. The number of amides is 1.